The predicted octanol–water partition coefficient (Wildman–Crippen LogP) is 8.82. The fourth-order valence-electron chi connectivity index (χ4n) is 4.01. The van der Waals surface area contributed by atoms with Crippen molar-refractivity contribution in [1.82, 2.24) is 0 Å². The highest BCUT2D eigenvalue weighted by Gasteiger charge is 2.51. The second kappa shape index (κ2) is 12.1. The molecule has 4 aromatic carbocycles. The summed E-state index contributed by atoms with van der Waals surface area (Å²) in [5.41, 5.74) is 6.15. The Morgan fingerprint density at radius 1 is 0.625 bits per heavy atom. The van der Waals surface area contributed by atoms with E-state index in [1.165, 1.54) is 24.3 Å². The van der Waals surface area contributed by atoms with Crippen molar-refractivity contribution in [2.45, 2.75) is 52.7 Å². The highest BCUT2D eigenvalue weighted by Crippen LogP contribution is 2.36. The zero-order valence-corrected chi connectivity index (χ0v) is 25.2. The zero-order chi connectivity index (χ0) is 29.1. The molecule has 1 fully saturated rings. The standard InChI is InChI=1S/C19H23BFNO2.C13H11BrFN/c1-13-6-7-14(20-23-18(2,3)19(4,5)24-20)12-17(13)22-16-10-8-15(21)9-11-16;1-9-2-3-10(14)8-13(9)16-12-6-4-11(15)5-7-12/h6-12,22H,1-5H3;2-8,16H,1H3. The number of nitrogens with one attached hydrogen (secondary N) is 2. The first-order valence-corrected chi connectivity index (χ1v) is 13.9. The van der Waals surface area contributed by atoms with Crippen LogP contribution in [0.3, 0.4) is 0 Å². The van der Waals surface area contributed by atoms with E-state index in [1.54, 1.807) is 24.3 Å². The quantitative estimate of drug-likeness (QED) is 0.223. The monoisotopic (exact) mass is 606 g/mol. The molecule has 4 aromatic rings. The molecular formula is C32H34BBrF2N2O2. The average Bonchev–Trinajstić information content (AvgIpc) is 3.12. The van der Waals surface area contributed by atoms with Crippen LogP contribution in [0.1, 0.15) is 38.8 Å². The topological polar surface area (TPSA) is 42.5 Å². The van der Waals surface area contributed by atoms with Gasteiger partial charge in [-0.25, -0.2) is 8.78 Å². The van der Waals surface area contributed by atoms with Crippen LogP contribution in [0.2, 0.25) is 0 Å². The van der Waals surface area contributed by atoms with E-state index in [0.717, 1.165) is 43.8 Å². The molecule has 1 aliphatic heterocycles. The summed E-state index contributed by atoms with van der Waals surface area (Å²) in [6.45, 7) is 12.2. The molecule has 0 atom stereocenters. The first kappa shape index (κ1) is 29.8. The maximum absolute atomic E-state index is 13.1. The van der Waals surface area contributed by atoms with E-state index in [9.17, 15) is 8.78 Å². The van der Waals surface area contributed by atoms with E-state index in [0.29, 0.717) is 0 Å². The summed E-state index contributed by atoms with van der Waals surface area (Å²) in [7, 11) is -0.399. The third kappa shape index (κ3) is 7.30. The highest BCUT2D eigenvalue weighted by atomic mass is 79.9. The number of benzene rings is 4. The molecule has 0 saturated carbocycles. The van der Waals surface area contributed by atoms with E-state index in [1.807, 2.05) is 77.9 Å². The van der Waals surface area contributed by atoms with Crippen LogP contribution in [0.5, 0.6) is 0 Å². The molecule has 0 aliphatic carbocycles. The van der Waals surface area contributed by atoms with Crippen molar-refractivity contribution in [3.63, 3.8) is 0 Å². The molecule has 1 saturated heterocycles. The third-order valence-electron chi connectivity index (χ3n) is 7.23. The van der Waals surface area contributed by atoms with Gasteiger partial charge in [-0.05, 0) is 125 Å². The van der Waals surface area contributed by atoms with Gasteiger partial charge >= 0.3 is 7.12 Å². The first-order valence-electron chi connectivity index (χ1n) is 13.1. The maximum atomic E-state index is 13.1. The molecule has 1 heterocycles. The SMILES string of the molecule is Cc1ccc(B2OC(C)(C)C(C)(C)O2)cc1Nc1ccc(F)cc1.Cc1ccc(Br)cc1Nc1ccc(F)cc1. The van der Waals surface area contributed by atoms with Crippen LogP contribution in [0.4, 0.5) is 31.5 Å². The second-order valence-corrected chi connectivity index (χ2v) is 11.8. The Morgan fingerprint density at radius 3 is 1.52 bits per heavy atom. The minimum Gasteiger partial charge on any atom is -0.399 e. The normalized spacial score (nSPS) is 15.3. The van der Waals surface area contributed by atoms with Crippen LogP contribution in [-0.4, -0.2) is 18.3 Å². The zero-order valence-electron chi connectivity index (χ0n) is 23.6. The first-order chi connectivity index (χ1) is 18.8. The molecule has 0 radical (unpaired) electrons. The predicted molar refractivity (Wildman–Crippen MR) is 165 cm³/mol. The smallest absolute Gasteiger partial charge is 0.399 e. The second-order valence-electron chi connectivity index (χ2n) is 10.9. The van der Waals surface area contributed by atoms with Crippen LogP contribution in [0.15, 0.2) is 89.4 Å². The molecule has 5 rings (SSSR count). The Balaban J connectivity index is 0.000000201. The molecule has 0 amide bonds. The maximum Gasteiger partial charge on any atom is 0.494 e. The van der Waals surface area contributed by atoms with Gasteiger partial charge in [-0.3, -0.25) is 0 Å². The lowest BCUT2D eigenvalue weighted by Gasteiger charge is -2.32. The summed E-state index contributed by atoms with van der Waals surface area (Å²) >= 11 is 3.42. The number of rotatable bonds is 5. The summed E-state index contributed by atoms with van der Waals surface area (Å²) in [6, 6.07) is 24.7. The van der Waals surface area contributed by atoms with Gasteiger partial charge in [-0.15, -0.1) is 0 Å². The molecular weight excluding hydrogens is 573 g/mol. The molecule has 40 heavy (non-hydrogen) atoms. The van der Waals surface area contributed by atoms with Crippen molar-refractivity contribution >= 4 is 51.3 Å². The van der Waals surface area contributed by atoms with E-state index in [-0.39, 0.29) is 22.8 Å². The van der Waals surface area contributed by atoms with E-state index in [2.05, 4.69) is 26.6 Å². The van der Waals surface area contributed by atoms with Gasteiger partial charge in [-0.2, -0.15) is 0 Å². The van der Waals surface area contributed by atoms with Crippen molar-refractivity contribution in [2.24, 2.45) is 0 Å². The van der Waals surface area contributed by atoms with Gasteiger partial charge in [0.2, 0.25) is 0 Å². The van der Waals surface area contributed by atoms with Gasteiger partial charge in [0.1, 0.15) is 11.6 Å². The molecule has 2 N–H and O–H groups in total. The molecule has 1 aliphatic rings. The molecule has 208 valence electrons. The number of halogens is 3. The summed E-state index contributed by atoms with van der Waals surface area (Å²) in [5, 5.41) is 6.57. The summed E-state index contributed by atoms with van der Waals surface area (Å²) in [6.07, 6.45) is 0. The Bertz CT molecular complexity index is 1450. The van der Waals surface area contributed by atoms with Gasteiger partial charge in [0.25, 0.3) is 0 Å². The molecule has 0 bridgehead atoms. The highest BCUT2D eigenvalue weighted by molar-refractivity contribution is 9.10. The van der Waals surface area contributed by atoms with E-state index >= 15 is 0 Å². The summed E-state index contributed by atoms with van der Waals surface area (Å²) in [5.74, 6) is -0.472. The van der Waals surface area contributed by atoms with Crippen LogP contribution >= 0.6 is 15.9 Å². The Hall–Kier alpha value is -3.20. The van der Waals surface area contributed by atoms with Gasteiger partial charge in [-0.1, -0.05) is 34.1 Å². The lowest BCUT2D eigenvalue weighted by atomic mass is 9.78. The molecule has 0 aromatic heterocycles. The van der Waals surface area contributed by atoms with Crippen molar-refractivity contribution in [1.29, 1.82) is 0 Å². The minimum absolute atomic E-state index is 0.225. The molecule has 4 nitrogen and oxygen atoms in total. The number of hydrogen-bond acceptors (Lipinski definition) is 4. The number of hydrogen-bond donors (Lipinski definition) is 2. The fraction of sp³-hybridized carbons (Fsp3) is 0.250. The van der Waals surface area contributed by atoms with Crippen molar-refractivity contribution in [2.75, 3.05) is 10.6 Å². The van der Waals surface area contributed by atoms with Gasteiger partial charge < -0.3 is 19.9 Å². The number of aryl methyl sites for hydroxylation is 2. The minimum atomic E-state index is -0.399. The summed E-state index contributed by atoms with van der Waals surface area (Å²) in [4.78, 5) is 0. The Kier molecular flexibility index (Phi) is 9.03. The van der Waals surface area contributed by atoms with E-state index < -0.39 is 7.12 Å². The third-order valence-corrected chi connectivity index (χ3v) is 7.73. The van der Waals surface area contributed by atoms with Crippen molar-refractivity contribution < 1.29 is 18.1 Å². The van der Waals surface area contributed by atoms with Crippen LogP contribution in [-0.2, 0) is 9.31 Å². The van der Waals surface area contributed by atoms with Crippen LogP contribution in [0.25, 0.3) is 0 Å². The molecule has 0 unspecified atom stereocenters. The van der Waals surface area contributed by atoms with Crippen LogP contribution < -0.4 is 16.1 Å². The molecule has 0 spiro atoms. The van der Waals surface area contributed by atoms with Crippen LogP contribution in [0, 0.1) is 25.5 Å². The summed E-state index contributed by atoms with van der Waals surface area (Å²) < 4.78 is 39.0. The lowest BCUT2D eigenvalue weighted by Crippen LogP contribution is -2.41. The average molecular weight is 607 g/mol. The Labute approximate surface area is 244 Å². The number of anilines is 4. The van der Waals surface area contributed by atoms with E-state index in [4.69, 9.17) is 9.31 Å². The Morgan fingerprint density at radius 2 is 1.05 bits per heavy atom. The largest absolute Gasteiger partial charge is 0.494 e. The van der Waals surface area contributed by atoms with Crippen molar-refractivity contribution in [3.8, 4) is 0 Å². The lowest BCUT2D eigenvalue weighted by molar-refractivity contribution is 0.00578. The molecule has 8 heteroatoms. The van der Waals surface area contributed by atoms with Crippen molar-refractivity contribution in [3.05, 3.63) is 112 Å². The fourth-order valence-corrected chi connectivity index (χ4v) is 4.37. The van der Waals surface area contributed by atoms with Gasteiger partial charge in [0, 0.05) is 27.2 Å². The van der Waals surface area contributed by atoms with Gasteiger partial charge in [0.15, 0.2) is 0 Å². The van der Waals surface area contributed by atoms with Gasteiger partial charge in [0.05, 0.1) is 11.2 Å².